The van der Waals surface area contributed by atoms with E-state index in [1.165, 1.54) is 6.07 Å². The van der Waals surface area contributed by atoms with Crippen LogP contribution in [-0.4, -0.2) is 16.0 Å². The van der Waals surface area contributed by atoms with Gasteiger partial charge in [0.2, 0.25) is 0 Å². The van der Waals surface area contributed by atoms with Crippen LogP contribution in [0.2, 0.25) is 0 Å². The van der Waals surface area contributed by atoms with Gasteiger partial charge in [-0.15, -0.1) is 6.42 Å². The average molecular weight is 231 g/mol. The summed E-state index contributed by atoms with van der Waals surface area (Å²) in [6.45, 7) is 2.08. The van der Waals surface area contributed by atoms with E-state index in [-0.39, 0.29) is 11.6 Å². The highest BCUT2D eigenvalue weighted by molar-refractivity contribution is 5.37. The van der Waals surface area contributed by atoms with Gasteiger partial charge in [0.15, 0.2) is 0 Å². The minimum absolute atomic E-state index is 0.0543. The van der Waals surface area contributed by atoms with Gasteiger partial charge in [-0.1, -0.05) is 19.3 Å². The number of aromatic nitrogens is 2. The van der Waals surface area contributed by atoms with E-state index in [2.05, 4.69) is 28.1 Å². The molecule has 90 valence electrons. The Hall–Kier alpha value is -1.76. The third-order valence-electron chi connectivity index (χ3n) is 2.82. The van der Waals surface area contributed by atoms with E-state index in [1.807, 2.05) is 0 Å². The number of anilines is 1. The summed E-state index contributed by atoms with van der Waals surface area (Å²) in [5.74, 6) is 4.48. The summed E-state index contributed by atoms with van der Waals surface area (Å²) in [4.78, 5) is 18.7. The molecule has 2 rings (SSSR count). The summed E-state index contributed by atoms with van der Waals surface area (Å²) < 4.78 is 0. The number of hydrogen-bond acceptors (Lipinski definition) is 3. The maximum atomic E-state index is 11.5. The molecule has 4 heteroatoms. The molecule has 1 aliphatic rings. The van der Waals surface area contributed by atoms with Crippen molar-refractivity contribution in [3.63, 3.8) is 0 Å². The molecule has 1 aliphatic carbocycles. The average Bonchev–Trinajstić information content (AvgIpc) is 3.11. The Labute approximate surface area is 101 Å². The molecule has 0 bridgehead atoms. The molecule has 1 aromatic heterocycles. The number of rotatable bonds is 5. The molecule has 0 saturated heterocycles. The quantitative estimate of drug-likeness (QED) is 0.760. The summed E-state index contributed by atoms with van der Waals surface area (Å²) in [5.41, 5.74) is -0.114. The molecule has 0 aromatic carbocycles. The zero-order valence-electron chi connectivity index (χ0n) is 9.99. The van der Waals surface area contributed by atoms with Crippen LogP contribution in [0.25, 0.3) is 0 Å². The summed E-state index contributed by atoms with van der Waals surface area (Å²) in [6, 6.07) is 1.41. The van der Waals surface area contributed by atoms with Gasteiger partial charge in [0.1, 0.15) is 11.6 Å². The van der Waals surface area contributed by atoms with Crippen LogP contribution in [0.4, 0.5) is 5.82 Å². The van der Waals surface area contributed by atoms with Crippen LogP contribution in [0, 0.1) is 12.3 Å². The Kier molecular flexibility index (Phi) is 3.48. The fourth-order valence-corrected chi connectivity index (χ4v) is 1.76. The fourth-order valence-electron chi connectivity index (χ4n) is 1.76. The van der Waals surface area contributed by atoms with Gasteiger partial charge in [-0.3, -0.25) is 4.79 Å². The van der Waals surface area contributed by atoms with Crippen LogP contribution in [0.5, 0.6) is 0 Å². The standard InChI is InChI=1S/C13H17N3O/c1-3-5-10(4-2)14-11-8-12(17)16-13(15-11)9-6-7-9/h2,8-10H,3,5-7H2,1H3,(H2,14,15,16,17). The minimum atomic E-state index is -0.114. The Morgan fingerprint density at radius 2 is 2.47 bits per heavy atom. The van der Waals surface area contributed by atoms with E-state index >= 15 is 0 Å². The first-order valence-corrected chi connectivity index (χ1v) is 6.07. The lowest BCUT2D eigenvalue weighted by atomic mass is 10.2. The molecule has 1 unspecified atom stereocenters. The van der Waals surface area contributed by atoms with E-state index < -0.39 is 0 Å². The normalized spacial score (nSPS) is 16.2. The number of nitrogens with zero attached hydrogens (tertiary/aromatic N) is 1. The third kappa shape index (κ3) is 3.10. The largest absolute Gasteiger partial charge is 0.356 e. The highest BCUT2D eigenvalue weighted by Crippen LogP contribution is 2.37. The zero-order valence-corrected chi connectivity index (χ0v) is 9.99. The van der Waals surface area contributed by atoms with Crippen LogP contribution in [0.15, 0.2) is 10.9 Å². The molecule has 2 N–H and O–H groups in total. The SMILES string of the molecule is C#CC(CCC)Nc1cc(=O)[nH]c(C2CC2)n1. The molecule has 4 nitrogen and oxygen atoms in total. The zero-order chi connectivity index (χ0) is 12.3. The van der Waals surface area contributed by atoms with Crippen LogP contribution < -0.4 is 10.9 Å². The maximum absolute atomic E-state index is 11.5. The first-order chi connectivity index (χ1) is 8.22. The molecule has 1 saturated carbocycles. The van der Waals surface area contributed by atoms with Gasteiger partial charge < -0.3 is 10.3 Å². The summed E-state index contributed by atoms with van der Waals surface area (Å²) >= 11 is 0. The van der Waals surface area contributed by atoms with E-state index in [4.69, 9.17) is 6.42 Å². The van der Waals surface area contributed by atoms with Crippen molar-refractivity contribution < 1.29 is 0 Å². The van der Waals surface area contributed by atoms with Crippen LogP contribution >= 0.6 is 0 Å². The van der Waals surface area contributed by atoms with Crippen LogP contribution in [0.1, 0.15) is 44.3 Å². The van der Waals surface area contributed by atoms with Crippen LogP contribution in [-0.2, 0) is 0 Å². The van der Waals surface area contributed by atoms with Crippen molar-refractivity contribution in [2.75, 3.05) is 5.32 Å². The van der Waals surface area contributed by atoms with Crippen molar-refractivity contribution in [2.24, 2.45) is 0 Å². The predicted molar refractivity (Wildman–Crippen MR) is 68.0 cm³/mol. The Bertz CT molecular complexity index is 482. The number of H-pyrrole nitrogens is 1. The monoisotopic (exact) mass is 231 g/mol. The number of hydrogen-bond donors (Lipinski definition) is 2. The second-order valence-electron chi connectivity index (χ2n) is 4.44. The lowest BCUT2D eigenvalue weighted by Gasteiger charge is -2.12. The molecule has 1 fully saturated rings. The number of terminal acetylenes is 1. The molecule has 0 aliphatic heterocycles. The Morgan fingerprint density at radius 1 is 1.71 bits per heavy atom. The fraction of sp³-hybridized carbons (Fsp3) is 0.538. The molecule has 17 heavy (non-hydrogen) atoms. The highest BCUT2D eigenvalue weighted by Gasteiger charge is 2.26. The van der Waals surface area contributed by atoms with E-state index in [1.54, 1.807) is 0 Å². The topological polar surface area (TPSA) is 57.8 Å². The third-order valence-corrected chi connectivity index (χ3v) is 2.82. The van der Waals surface area contributed by atoms with Crippen molar-refractivity contribution in [1.82, 2.24) is 9.97 Å². The number of aromatic amines is 1. The van der Waals surface area contributed by atoms with Crippen molar-refractivity contribution in [3.8, 4) is 12.3 Å². The van der Waals surface area contributed by atoms with Gasteiger partial charge in [0, 0.05) is 12.0 Å². The smallest absolute Gasteiger partial charge is 0.252 e. The second-order valence-corrected chi connectivity index (χ2v) is 4.44. The molecule has 1 aromatic rings. The van der Waals surface area contributed by atoms with Gasteiger partial charge in [0.25, 0.3) is 5.56 Å². The van der Waals surface area contributed by atoms with E-state index in [0.29, 0.717) is 11.7 Å². The Morgan fingerprint density at radius 3 is 3.06 bits per heavy atom. The van der Waals surface area contributed by atoms with Crippen LogP contribution in [0.3, 0.4) is 0 Å². The Balaban J connectivity index is 2.14. The summed E-state index contributed by atoms with van der Waals surface area (Å²) in [6.07, 6.45) is 9.53. The van der Waals surface area contributed by atoms with Gasteiger partial charge in [-0.05, 0) is 19.3 Å². The molecule has 0 radical (unpaired) electrons. The maximum Gasteiger partial charge on any atom is 0.252 e. The highest BCUT2D eigenvalue weighted by atomic mass is 16.1. The molecule has 0 amide bonds. The lowest BCUT2D eigenvalue weighted by molar-refractivity contribution is 0.749. The van der Waals surface area contributed by atoms with Crippen molar-refractivity contribution >= 4 is 5.82 Å². The number of nitrogens with one attached hydrogen (secondary N) is 2. The van der Waals surface area contributed by atoms with Crippen molar-refractivity contribution in [2.45, 2.75) is 44.6 Å². The molecule has 1 atom stereocenters. The van der Waals surface area contributed by atoms with Gasteiger partial charge >= 0.3 is 0 Å². The van der Waals surface area contributed by atoms with Gasteiger partial charge in [-0.25, -0.2) is 4.98 Å². The van der Waals surface area contributed by atoms with Crippen molar-refractivity contribution in [3.05, 3.63) is 22.2 Å². The molecular formula is C13H17N3O. The summed E-state index contributed by atoms with van der Waals surface area (Å²) in [7, 11) is 0. The van der Waals surface area contributed by atoms with Crippen molar-refractivity contribution in [1.29, 1.82) is 0 Å². The molecule has 1 heterocycles. The van der Waals surface area contributed by atoms with E-state index in [0.717, 1.165) is 31.5 Å². The minimum Gasteiger partial charge on any atom is -0.356 e. The first-order valence-electron chi connectivity index (χ1n) is 6.07. The molecular weight excluding hydrogens is 214 g/mol. The van der Waals surface area contributed by atoms with Gasteiger partial charge in [0.05, 0.1) is 6.04 Å². The second kappa shape index (κ2) is 5.05. The van der Waals surface area contributed by atoms with E-state index in [9.17, 15) is 4.79 Å². The summed E-state index contributed by atoms with van der Waals surface area (Å²) in [5, 5.41) is 3.13. The predicted octanol–water partition coefficient (Wildman–Crippen LogP) is 1.86. The first kappa shape index (κ1) is 11.7. The van der Waals surface area contributed by atoms with Gasteiger partial charge in [-0.2, -0.15) is 0 Å². The lowest BCUT2D eigenvalue weighted by Crippen LogP contribution is -2.20. The molecule has 0 spiro atoms.